The van der Waals surface area contributed by atoms with Crippen molar-refractivity contribution in [2.45, 2.75) is 13.5 Å². The molecule has 2 aromatic rings. The van der Waals surface area contributed by atoms with Gasteiger partial charge in [-0.25, -0.2) is 9.37 Å². The van der Waals surface area contributed by atoms with Crippen LogP contribution in [0.1, 0.15) is 16.8 Å². The molecule has 1 N–H and O–H groups in total. The van der Waals surface area contributed by atoms with E-state index in [9.17, 15) is 4.39 Å². The summed E-state index contributed by atoms with van der Waals surface area (Å²) in [5.41, 5.74) is 2.85. The summed E-state index contributed by atoms with van der Waals surface area (Å²) >= 11 is 0. The van der Waals surface area contributed by atoms with E-state index in [0.717, 1.165) is 11.3 Å². The zero-order valence-electron chi connectivity index (χ0n) is 9.94. The lowest BCUT2D eigenvalue weighted by Gasteiger charge is -2.07. The number of halogens is 1. The van der Waals surface area contributed by atoms with Crippen molar-refractivity contribution < 1.29 is 4.39 Å². The molecule has 1 aromatic carbocycles. The summed E-state index contributed by atoms with van der Waals surface area (Å²) in [6.45, 7) is 2.33. The normalized spacial score (nSPS) is 9.83. The molecule has 4 heteroatoms. The van der Waals surface area contributed by atoms with Gasteiger partial charge in [0.1, 0.15) is 17.6 Å². The maximum Gasteiger partial charge on any atom is 0.140 e. The summed E-state index contributed by atoms with van der Waals surface area (Å²) in [6, 6.07) is 10.4. The Morgan fingerprint density at radius 3 is 2.78 bits per heavy atom. The third-order valence-corrected chi connectivity index (χ3v) is 2.60. The lowest BCUT2D eigenvalue weighted by atomic mass is 10.1. The zero-order chi connectivity index (χ0) is 13.0. The van der Waals surface area contributed by atoms with Crippen LogP contribution in [0.25, 0.3) is 0 Å². The van der Waals surface area contributed by atoms with Gasteiger partial charge in [-0.3, -0.25) is 0 Å². The van der Waals surface area contributed by atoms with Gasteiger partial charge in [0.2, 0.25) is 0 Å². The number of nitriles is 1. The number of anilines is 1. The molecule has 0 unspecified atom stereocenters. The van der Waals surface area contributed by atoms with Crippen molar-refractivity contribution in [2.75, 3.05) is 5.32 Å². The van der Waals surface area contributed by atoms with Crippen LogP contribution in [-0.2, 0) is 6.54 Å². The van der Waals surface area contributed by atoms with Crippen molar-refractivity contribution in [3.05, 3.63) is 59.2 Å². The van der Waals surface area contributed by atoms with E-state index in [2.05, 4.69) is 10.3 Å². The molecule has 0 aliphatic heterocycles. The van der Waals surface area contributed by atoms with Crippen molar-refractivity contribution in [2.24, 2.45) is 0 Å². The quantitative estimate of drug-likeness (QED) is 0.898. The molecule has 0 aliphatic rings. The monoisotopic (exact) mass is 241 g/mol. The molecule has 0 spiro atoms. The number of aromatic nitrogens is 1. The fourth-order valence-electron chi connectivity index (χ4n) is 1.59. The van der Waals surface area contributed by atoms with Crippen LogP contribution in [0, 0.1) is 24.1 Å². The van der Waals surface area contributed by atoms with Gasteiger partial charge in [-0.05, 0) is 36.2 Å². The van der Waals surface area contributed by atoms with Crippen molar-refractivity contribution in [3.63, 3.8) is 0 Å². The summed E-state index contributed by atoms with van der Waals surface area (Å²) < 4.78 is 13.1. The van der Waals surface area contributed by atoms with Gasteiger partial charge >= 0.3 is 0 Å². The highest BCUT2D eigenvalue weighted by atomic mass is 19.1. The SMILES string of the molecule is Cc1cc(CNc2ccc(C#N)nc2)ccc1F. The summed E-state index contributed by atoms with van der Waals surface area (Å²) in [5, 5.41) is 11.8. The van der Waals surface area contributed by atoms with E-state index in [-0.39, 0.29) is 5.82 Å². The number of aryl methyl sites for hydroxylation is 1. The van der Waals surface area contributed by atoms with Crippen molar-refractivity contribution in [3.8, 4) is 6.07 Å². The molecule has 0 saturated heterocycles. The molecule has 0 bridgehead atoms. The molecular weight excluding hydrogens is 229 g/mol. The second-order valence-corrected chi connectivity index (χ2v) is 3.98. The molecule has 90 valence electrons. The molecule has 1 aromatic heterocycles. The minimum atomic E-state index is -0.196. The van der Waals surface area contributed by atoms with Gasteiger partial charge in [0.15, 0.2) is 0 Å². The number of rotatable bonds is 3. The minimum Gasteiger partial charge on any atom is -0.380 e. The van der Waals surface area contributed by atoms with Crippen molar-refractivity contribution in [1.82, 2.24) is 4.98 Å². The first-order valence-electron chi connectivity index (χ1n) is 5.54. The van der Waals surface area contributed by atoms with E-state index in [1.165, 1.54) is 6.07 Å². The lowest BCUT2D eigenvalue weighted by molar-refractivity contribution is 0.617. The first kappa shape index (κ1) is 12.1. The molecule has 0 atom stereocenters. The Bertz CT molecular complexity index is 585. The van der Waals surface area contributed by atoms with Crippen LogP contribution in [0.2, 0.25) is 0 Å². The van der Waals surface area contributed by atoms with Gasteiger partial charge < -0.3 is 5.32 Å². The van der Waals surface area contributed by atoms with Crippen molar-refractivity contribution >= 4 is 5.69 Å². The largest absolute Gasteiger partial charge is 0.380 e. The van der Waals surface area contributed by atoms with E-state index < -0.39 is 0 Å². The predicted octanol–water partition coefficient (Wildman–Crippen LogP) is 3.01. The summed E-state index contributed by atoms with van der Waals surface area (Å²) in [5.74, 6) is -0.196. The summed E-state index contributed by atoms with van der Waals surface area (Å²) in [6.07, 6.45) is 1.61. The summed E-state index contributed by atoms with van der Waals surface area (Å²) in [4.78, 5) is 3.96. The van der Waals surface area contributed by atoms with E-state index in [4.69, 9.17) is 5.26 Å². The Balaban J connectivity index is 2.02. The fraction of sp³-hybridized carbons (Fsp3) is 0.143. The molecule has 0 fully saturated rings. The number of hydrogen-bond donors (Lipinski definition) is 1. The van der Waals surface area contributed by atoms with Gasteiger partial charge in [-0.1, -0.05) is 12.1 Å². The lowest BCUT2D eigenvalue weighted by Crippen LogP contribution is -2.00. The van der Waals surface area contributed by atoms with Crippen LogP contribution in [0.5, 0.6) is 0 Å². The first-order valence-corrected chi connectivity index (χ1v) is 5.54. The number of hydrogen-bond acceptors (Lipinski definition) is 3. The topological polar surface area (TPSA) is 48.7 Å². The molecule has 3 nitrogen and oxygen atoms in total. The van der Waals surface area contributed by atoms with Gasteiger partial charge in [-0.15, -0.1) is 0 Å². The molecular formula is C14H12FN3. The van der Waals surface area contributed by atoms with E-state index in [0.29, 0.717) is 17.8 Å². The van der Waals surface area contributed by atoms with E-state index in [1.807, 2.05) is 6.07 Å². The highest BCUT2D eigenvalue weighted by Gasteiger charge is 1.99. The number of nitrogens with zero attached hydrogens (tertiary/aromatic N) is 2. The average molecular weight is 241 g/mol. The Hall–Kier alpha value is -2.41. The highest BCUT2D eigenvalue weighted by Crippen LogP contribution is 2.12. The maximum atomic E-state index is 13.1. The Labute approximate surface area is 105 Å². The van der Waals surface area contributed by atoms with Crippen LogP contribution in [0.4, 0.5) is 10.1 Å². The Morgan fingerprint density at radius 2 is 2.17 bits per heavy atom. The summed E-state index contributed by atoms with van der Waals surface area (Å²) in [7, 11) is 0. The third-order valence-electron chi connectivity index (χ3n) is 2.60. The smallest absolute Gasteiger partial charge is 0.140 e. The van der Waals surface area contributed by atoms with Gasteiger partial charge in [0, 0.05) is 6.54 Å². The van der Waals surface area contributed by atoms with Crippen LogP contribution >= 0.6 is 0 Å². The molecule has 18 heavy (non-hydrogen) atoms. The van der Waals surface area contributed by atoms with Crippen LogP contribution in [-0.4, -0.2) is 4.98 Å². The third kappa shape index (κ3) is 2.83. The molecule has 2 rings (SSSR count). The second-order valence-electron chi connectivity index (χ2n) is 3.98. The highest BCUT2D eigenvalue weighted by molar-refractivity contribution is 5.43. The standard InChI is InChI=1S/C14H12FN3/c1-10-6-11(2-5-14(10)15)8-17-13-4-3-12(7-16)18-9-13/h2-6,9,17H,8H2,1H3. The zero-order valence-corrected chi connectivity index (χ0v) is 9.94. The first-order chi connectivity index (χ1) is 8.69. The van der Waals surface area contributed by atoms with Crippen molar-refractivity contribution in [1.29, 1.82) is 5.26 Å². The number of nitrogens with one attached hydrogen (secondary N) is 1. The van der Waals surface area contributed by atoms with Gasteiger partial charge in [-0.2, -0.15) is 5.26 Å². The van der Waals surface area contributed by atoms with E-state index >= 15 is 0 Å². The number of pyridine rings is 1. The van der Waals surface area contributed by atoms with Gasteiger partial charge in [0.25, 0.3) is 0 Å². The average Bonchev–Trinajstić information content (AvgIpc) is 2.41. The molecule has 0 aliphatic carbocycles. The van der Waals surface area contributed by atoms with Crippen LogP contribution in [0.15, 0.2) is 36.5 Å². The van der Waals surface area contributed by atoms with E-state index in [1.54, 1.807) is 37.4 Å². The fourth-order valence-corrected chi connectivity index (χ4v) is 1.59. The second kappa shape index (κ2) is 5.28. The number of benzene rings is 1. The molecule has 0 saturated carbocycles. The Kier molecular flexibility index (Phi) is 3.54. The van der Waals surface area contributed by atoms with Crippen LogP contribution < -0.4 is 5.32 Å². The molecule has 1 heterocycles. The molecule has 0 amide bonds. The minimum absolute atomic E-state index is 0.196. The Morgan fingerprint density at radius 1 is 1.33 bits per heavy atom. The molecule has 0 radical (unpaired) electrons. The maximum absolute atomic E-state index is 13.1. The predicted molar refractivity (Wildman–Crippen MR) is 67.4 cm³/mol. The van der Waals surface area contributed by atoms with Gasteiger partial charge in [0.05, 0.1) is 11.9 Å². The van der Waals surface area contributed by atoms with Crippen LogP contribution in [0.3, 0.4) is 0 Å².